The highest BCUT2D eigenvalue weighted by atomic mass is 16.6. The maximum atomic E-state index is 13.2. The van der Waals surface area contributed by atoms with Gasteiger partial charge in [0.2, 0.25) is 11.8 Å². The molecule has 1 unspecified atom stereocenters. The Morgan fingerprint density at radius 3 is 2.55 bits per heavy atom. The van der Waals surface area contributed by atoms with E-state index in [1.54, 1.807) is 6.07 Å². The predicted molar refractivity (Wildman–Crippen MR) is 153 cm³/mol. The molecule has 1 aromatic rings. The lowest BCUT2D eigenvalue weighted by atomic mass is 9.89. The molecule has 4 aliphatic rings. The third kappa shape index (κ3) is 6.53. The molecule has 222 valence electrons. The third-order valence-corrected chi connectivity index (χ3v) is 8.27. The lowest BCUT2D eigenvalue weighted by Crippen LogP contribution is -2.64. The molecule has 3 heterocycles. The van der Waals surface area contributed by atoms with Gasteiger partial charge in [-0.2, -0.15) is 0 Å². The third-order valence-electron chi connectivity index (χ3n) is 8.27. The van der Waals surface area contributed by atoms with Crippen LogP contribution in [0.1, 0.15) is 80.8 Å². The van der Waals surface area contributed by atoms with Crippen LogP contribution >= 0.6 is 0 Å². The van der Waals surface area contributed by atoms with Crippen molar-refractivity contribution in [2.24, 2.45) is 5.11 Å². The zero-order chi connectivity index (χ0) is 30.0. The van der Waals surface area contributed by atoms with Crippen LogP contribution in [0.5, 0.6) is 0 Å². The van der Waals surface area contributed by atoms with E-state index in [1.165, 1.54) is 4.90 Å². The molecule has 3 fully saturated rings. The summed E-state index contributed by atoms with van der Waals surface area (Å²) in [7, 11) is 0. The van der Waals surface area contributed by atoms with Crippen molar-refractivity contribution < 1.29 is 23.9 Å². The van der Waals surface area contributed by atoms with E-state index in [9.17, 15) is 19.2 Å². The molecule has 3 aliphatic heterocycles. The smallest absolute Gasteiger partial charge is 0.410 e. The number of fused-ring (bicyclic) bond motifs is 1. The Morgan fingerprint density at radius 1 is 1.14 bits per heavy atom. The van der Waals surface area contributed by atoms with E-state index in [0.29, 0.717) is 38.2 Å². The summed E-state index contributed by atoms with van der Waals surface area (Å²) in [6, 6.07) is 4.89. The lowest BCUT2D eigenvalue weighted by molar-refractivity contribution is -0.136. The minimum atomic E-state index is -0.641. The van der Waals surface area contributed by atoms with Crippen LogP contribution in [0.4, 0.5) is 4.79 Å². The Kier molecular flexibility index (Phi) is 8.43. The first-order valence-corrected chi connectivity index (χ1v) is 14.6. The molecule has 1 aliphatic carbocycles. The van der Waals surface area contributed by atoms with Gasteiger partial charge in [0.15, 0.2) is 0 Å². The summed E-state index contributed by atoms with van der Waals surface area (Å²) in [6.07, 6.45) is 3.32. The normalized spacial score (nSPS) is 24.5. The van der Waals surface area contributed by atoms with Gasteiger partial charge in [-0.1, -0.05) is 17.0 Å². The van der Waals surface area contributed by atoms with Gasteiger partial charge in [0, 0.05) is 54.2 Å². The van der Waals surface area contributed by atoms with Gasteiger partial charge in [0.25, 0.3) is 5.91 Å². The molecule has 12 heteroatoms. The van der Waals surface area contributed by atoms with E-state index in [2.05, 4.69) is 32.1 Å². The molecule has 0 spiro atoms. The number of nitrogens with zero attached hydrogens (tertiary/aromatic N) is 6. The molecule has 4 amide bonds. The topological polar surface area (TPSA) is 148 Å². The molecule has 1 atom stereocenters. The van der Waals surface area contributed by atoms with E-state index in [4.69, 9.17) is 10.3 Å². The number of ether oxygens (including phenoxy) is 1. The predicted octanol–water partition coefficient (Wildman–Crippen LogP) is 3.34. The van der Waals surface area contributed by atoms with Gasteiger partial charge < -0.3 is 9.64 Å². The van der Waals surface area contributed by atoms with Gasteiger partial charge in [0.05, 0.1) is 12.6 Å². The highest BCUT2D eigenvalue weighted by Gasteiger charge is 2.41. The first-order chi connectivity index (χ1) is 20.0. The zero-order valence-electron chi connectivity index (χ0n) is 24.3. The van der Waals surface area contributed by atoms with E-state index in [0.717, 1.165) is 36.8 Å². The summed E-state index contributed by atoms with van der Waals surface area (Å²) in [5, 5.41) is 6.18. The Morgan fingerprint density at radius 2 is 1.88 bits per heavy atom. The van der Waals surface area contributed by atoms with Crippen LogP contribution in [0.2, 0.25) is 0 Å². The molecule has 0 bridgehead atoms. The average molecular weight is 576 g/mol. The lowest BCUT2D eigenvalue weighted by Gasteiger charge is -2.48. The van der Waals surface area contributed by atoms with Crippen LogP contribution < -0.4 is 5.32 Å². The standard InChI is InChI=1S/C30H37N7O5/c1-30(2,3)42-29(41)37(22-9-7-21(8-10-22)33-34-31)23-17-35(18-23)14-4-5-19-6-11-24-20(15-19)16-36(28(24)40)25-12-13-26(38)32-27(25)39/h6,11,15,21-23,25H,7-10,12-14,16-18H2,1-3H3,(H,32,38,39). The zero-order valence-corrected chi connectivity index (χ0v) is 24.3. The number of nitrogens with one attached hydrogen (secondary N) is 1. The van der Waals surface area contributed by atoms with Crippen LogP contribution in [0.3, 0.4) is 0 Å². The number of amides is 4. The number of azide groups is 1. The summed E-state index contributed by atoms with van der Waals surface area (Å²) in [5.74, 6) is 5.46. The SMILES string of the molecule is CC(C)(C)OC(=O)N(C1CCC(N=[N+]=[N-])CC1)C1CN(CC#Cc2ccc3c(c2)CN(C2CCC(=O)NC2=O)C3=O)C1. The van der Waals surface area contributed by atoms with E-state index < -0.39 is 17.6 Å². The number of imide groups is 1. The molecule has 42 heavy (non-hydrogen) atoms. The number of carbonyl (C=O) groups is 4. The maximum Gasteiger partial charge on any atom is 0.410 e. The number of benzene rings is 1. The summed E-state index contributed by atoms with van der Waals surface area (Å²) >= 11 is 0. The molecular weight excluding hydrogens is 538 g/mol. The fourth-order valence-electron chi connectivity index (χ4n) is 6.19. The van der Waals surface area contributed by atoms with Crippen LogP contribution in [0.25, 0.3) is 10.4 Å². The molecule has 12 nitrogen and oxygen atoms in total. The molecule has 0 radical (unpaired) electrons. The number of hydrogen-bond donors (Lipinski definition) is 1. The average Bonchev–Trinajstić information content (AvgIpc) is 3.22. The fourth-order valence-corrected chi connectivity index (χ4v) is 6.19. The summed E-state index contributed by atoms with van der Waals surface area (Å²) in [5.41, 5.74) is 10.3. The van der Waals surface area contributed by atoms with Gasteiger partial charge in [0.1, 0.15) is 11.6 Å². The number of rotatable bonds is 5. The van der Waals surface area contributed by atoms with E-state index in [1.807, 2.05) is 37.8 Å². The summed E-state index contributed by atoms with van der Waals surface area (Å²) in [6.45, 7) is 7.85. The van der Waals surface area contributed by atoms with Crippen molar-refractivity contribution in [3.05, 3.63) is 45.3 Å². The van der Waals surface area contributed by atoms with Crippen LogP contribution in [-0.2, 0) is 20.9 Å². The fraction of sp³-hybridized carbons (Fsp3) is 0.600. The van der Waals surface area contributed by atoms with Crippen molar-refractivity contribution in [2.75, 3.05) is 19.6 Å². The highest BCUT2D eigenvalue weighted by molar-refractivity contribution is 6.05. The monoisotopic (exact) mass is 575 g/mol. The minimum absolute atomic E-state index is 0.0160. The Bertz CT molecular complexity index is 1370. The van der Waals surface area contributed by atoms with Gasteiger partial charge in [-0.05, 0) is 82.2 Å². The quantitative estimate of drug-likeness (QED) is 0.187. The van der Waals surface area contributed by atoms with Gasteiger partial charge >= 0.3 is 6.09 Å². The van der Waals surface area contributed by atoms with Crippen molar-refractivity contribution in [1.29, 1.82) is 0 Å². The van der Waals surface area contributed by atoms with Gasteiger partial charge in [-0.15, -0.1) is 0 Å². The summed E-state index contributed by atoms with van der Waals surface area (Å²) in [4.78, 5) is 58.4. The van der Waals surface area contributed by atoms with Crippen LogP contribution in [0, 0.1) is 11.8 Å². The van der Waals surface area contributed by atoms with Crippen LogP contribution in [-0.4, -0.2) is 87.9 Å². The number of hydrogen-bond acceptors (Lipinski definition) is 7. The molecule has 1 N–H and O–H groups in total. The first-order valence-electron chi connectivity index (χ1n) is 14.6. The van der Waals surface area contributed by atoms with Crippen molar-refractivity contribution >= 4 is 23.8 Å². The van der Waals surface area contributed by atoms with Crippen molar-refractivity contribution in [2.45, 2.75) is 95.6 Å². The maximum absolute atomic E-state index is 13.2. The second kappa shape index (κ2) is 12.0. The van der Waals surface area contributed by atoms with Gasteiger partial charge in [-0.3, -0.25) is 29.5 Å². The molecule has 1 aromatic carbocycles. The van der Waals surface area contributed by atoms with E-state index >= 15 is 0 Å². The Balaban J connectivity index is 1.17. The van der Waals surface area contributed by atoms with Gasteiger partial charge in [-0.25, -0.2) is 4.79 Å². The second-order valence-corrected chi connectivity index (χ2v) is 12.5. The van der Waals surface area contributed by atoms with Crippen LogP contribution in [0.15, 0.2) is 23.3 Å². The molecule has 2 saturated heterocycles. The minimum Gasteiger partial charge on any atom is -0.444 e. The van der Waals surface area contributed by atoms with Crippen molar-refractivity contribution in [1.82, 2.24) is 20.0 Å². The van der Waals surface area contributed by atoms with E-state index in [-0.39, 0.29) is 42.5 Å². The number of likely N-dealkylation sites (tertiary alicyclic amines) is 1. The Hall–Kier alpha value is -4.07. The second-order valence-electron chi connectivity index (χ2n) is 12.5. The molecule has 0 aromatic heterocycles. The highest BCUT2D eigenvalue weighted by Crippen LogP contribution is 2.31. The molecular formula is C30H37N7O5. The van der Waals surface area contributed by atoms with Crippen molar-refractivity contribution in [3.8, 4) is 11.8 Å². The first kappa shape index (κ1) is 29.4. The largest absolute Gasteiger partial charge is 0.444 e. The number of carbonyl (C=O) groups excluding carboxylic acids is 4. The van der Waals surface area contributed by atoms with Crippen molar-refractivity contribution in [3.63, 3.8) is 0 Å². The Labute approximate surface area is 245 Å². The molecule has 5 rings (SSSR count). The molecule has 1 saturated carbocycles. The summed E-state index contributed by atoms with van der Waals surface area (Å²) < 4.78 is 5.75. The number of piperidine rings is 1.